The van der Waals surface area contributed by atoms with E-state index in [0.717, 1.165) is 28.1 Å². The van der Waals surface area contributed by atoms with Crippen molar-refractivity contribution >= 4 is 62.3 Å². The van der Waals surface area contributed by atoms with Gasteiger partial charge in [-0.2, -0.15) is 5.26 Å². The molecule has 0 saturated carbocycles. The highest BCUT2D eigenvalue weighted by molar-refractivity contribution is 6.31. The third-order valence-corrected chi connectivity index (χ3v) is 9.12. The second-order valence-electron chi connectivity index (χ2n) is 13.4. The van der Waals surface area contributed by atoms with Crippen LogP contribution in [0.1, 0.15) is 31.0 Å². The molecule has 0 fully saturated rings. The fourth-order valence-electron chi connectivity index (χ4n) is 5.96. The first kappa shape index (κ1) is 40.6. The lowest BCUT2D eigenvalue weighted by molar-refractivity contribution is -0.111. The molecule has 58 heavy (non-hydrogen) atoms. The number of hydrogen-bond acceptors (Lipinski definition) is 10. The Labute approximate surface area is 340 Å². The summed E-state index contributed by atoms with van der Waals surface area (Å²) in [6, 6.07) is 29.2. The summed E-state index contributed by atoms with van der Waals surface area (Å²) in [6.07, 6.45) is 6.19. The second-order valence-corrected chi connectivity index (χ2v) is 13.8. The lowest BCUT2D eigenvalue weighted by Gasteiger charge is -2.16. The molecule has 0 aliphatic rings. The zero-order chi connectivity index (χ0) is 41.2. The van der Waals surface area contributed by atoms with Crippen molar-refractivity contribution in [3.8, 4) is 28.8 Å². The second kappa shape index (κ2) is 18.8. The average molecular weight is 798 g/mol. The molecular formula is C44H41ClFN9O3. The van der Waals surface area contributed by atoms with Crippen LogP contribution in [0.4, 0.5) is 27.3 Å². The summed E-state index contributed by atoms with van der Waals surface area (Å²) >= 11 is 5.91. The molecule has 4 aromatic carbocycles. The highest BCUT2D eigenvalue weighted by Crippen LogP contribution is 2.37. The van der Waals surface area contributed by atoms with Crippen LogP contribution in [0.25, 0.3) is 33.2 Å². The molecule has 294 valence electrons. The number of rotatable bonds is 12. The van der Waals surface area contributed by atoms with Crippen LogP contribution in [0.2, 0.25) is 5.02 Å². The van der Waals surface area contributed by atoms with Crippen LogP contribution < -0.4 is 20.7 Å². The van der Waals surface area contributed by atoms with Gasteiger partial charge in [-0.3, -0.25) is 9.78 Å². The average Bonchev–Trinajstić information content (AvgIpc) is 3.66. The summed E-state index contributed by atoms with van der Waals surface area (Å²) in [4.78, 5) is 30.8. The van der Waals surface area contributed by atoms with Crippen LogP contribution in [0.3, 0.4) is 0 Å². The minimum absolute atomic E-state index is 0.0482. The maximum Gasteiger partial charge on any atom is 0.248 e. The molecule has 0 aliphatic heterocycles. The number of nitrogens with one attached hydrogen (secondary N) is 4. The van der Waals surface area contributed by atoms with Gasteiger partial charge in [-0.05, 0) is 93.7 Å². The van der Waals surface area contributed by atoms with Gasteiger partial charge in [0.05, 0.1) is 39.5 Å². The van der Waals surface area contributed by atoms with E-state index in [0.29, 0.717) is 46.9 Å². The summed E-state index contributed by atoms with van der Waals surface area (Å²) in [5.41, 5.74) is 6.10. The molecule has 0 radical (unpaired) electrons. The predicted octanol–water partition coefficient (Wildman–Crippen LogP) is 9.60. The number of benzene rings is 4. The highest BCUT2D eigenvalue weighted by atomic mass is 35.5. The first-order valence-electron chi connectivity index (χ1n) is 18.3. The van der Waals surface area contributed by atoms with E-state index in [1.54, 1.807) is 36.7 Å². The van der Waals surface area contributed by atoms with E-state index in [9.17, 15) is 19.6 Å². The number of aromatic nitrogens is 4. The number of aromatic hydroxyl groups is 1. The summed E-state index contributed by atoms with van der Waals surface area (Å²) < 4.78 is 19.3. The SMILES string of the molecule is CCOc1cc2ncc(C#N)c(Nc3ccc(F)c(Cl)c3)c2cc1NC(=O)/C=C/CN(C)C.C[C@@H](Nc1ncnc2[nH]c(-c3ccc(O)cc3)cc12)c1ccccc1. The standard InChI is InChI=1S/C24H23ClFN5O2.C20H18N4O/c1-4-33-22-12-20-17(11-21(22)30-23(32)6-5-9-31(2)3)24(15(13-27)14-28-20)29-16-7-8-19(26)18(25)10-16;1-13(14-5-3-2-4-6-14)23-19-17-11-18(24-20(17)22-12-21-19)15-7-9-16(25)10-8-15/h5-8,10-12,14H,4,9H2,1-3H3,(H,28,29)(H,30,32);2-13,25H,1H3,(H2,21,22,23,24)/b6-5+;/t;13-/m.1/s1. The Morgan fingerprint density at radius 3 is 2.52 bits per heavy atom. The van der Waals surface area contributed by atoms with E-state index in [4.69, 9.17) is 16.3 Å². The number of aromatic amines is 1. The Morgan fingerprint density at radius 1 is 1.03 bits per heavy atom. The fourth-order valence-corrected chi connectivity index (χ4v) is 6.14. The van der Waals surface area contributed by atoms with Crippen molar-refractivity contribution in [3.63, 3.8) is 0 Å². The van der Waals surface area contributed by atoms with Gasteiger partial charge in [0, 0.05) is 47.7 Å². The number of pyridine rings is 1. The molecule has 0 spiro atoms. The van der Waals surface area contributed by atoms with Gasteiger partial charge in [0.2, 0.25) is 5.91 Å². The van der Waals surface area contributed by atoms with E-state index < -0.39 is 5.82 Å². The molecule has 3 heterocycles. The van der Waals surface area contributed by atoms with Crippen molar-refractivity contribution in [2.75, 3.05) is 43.2 Å². The molecule has 1 atom stereocenters. The van der Waals surface area contributed by atoms with Gasteiger partial charge >= 0.3 is 0 Å². The van der Waals surface area contributed by atoms with E-state index in [-0.39, 0.29) is 28.3 Å². The van der Waals surface area contributed by atoms with E-state index in [1.165, 1.54) is 36.0 Å². The molecule has 7 rings (SSSR count). The number of likely N-dealkylation sites (N-methyl/N-ethyl adjacent to an activating group) is 1. The maximum atomic E-state index is 13.6. The third kappa shape index (κ3) is 10.0. The summed E-state index contributed by atoms with van der Waals surface area (Å²) in [5, 5.41) is 30.0. The lowest BCUT2D eigenvalue weighted by atomic mass is 10.1. The van der Waals surface area contributed by atoms with Crippen LogP contribution >= 0.6 is 11.6 Å². The number of carbonyl (C=O) groups excluding carboxylic acids is 1. The third-order valence-electron chi connectivity index (χ3n) is 8.83. The number of ether oxygens (including phenoxy) is 1. The molecule has 12 nitrogen and oxygen atoms in total. The van der Waals surface area contributed by atoms with Crippen LogP contribution in [0.5, 0.6) is 11.5 Å². The summed E-state index contributed by atoms with van der Waals surface area (Å²) in [5.74, 6) is 0.631. The fraction of sp³-hybridized carbons (Fsp3) is 0.159. The molecule has 7 aromatic rings. The van der Waals surface area contributed by atoms with Gasteiger partial charge in [0.15, 0.2) is 0 Å². The van der Waals surface area contributed by atoms with Crippen molar-refractivity contribution in [3.05, 3.63) is 138 Å². The van der Waals surface area contributed by atoms with Crippen molar-refractivity contribution in [2.45, 2.75) is 19.9 Å². The van der Waals surface area contributed by atoms with E-state index >= 15 is 0 Å². The van der Waals surface area contributed by atoms with Gasteiger partial charge in [-0.15, -0.1) is 0 Å². The largest absolute Gasteiger partial charge is 0.508 e. The van der Waals surface area contributed by atoms with Crippen LogP contribution in [-0.4, -0.2) is 63.1 Å². The normalized spacial score (nSPS) is 11.6. The number of nitriles is 1. The monoisotopic (exact) mass is 797 g/mol. The van der Waals surface area contributed by atoms with Crippen molar-refractivity contribution in [1.29, 1.82) is 5.26 Å². The van der Waals surface area contributed by atoms with Gasteiger partial charge < -0.3 is 35.7 Å². The van der Waals surface area contributed by atoms with Crippen molar-refractivity contribution < 1.29 is 19.0 Å². The first-order chi connectivity index (χ1) is 28.0. The number of nitrogens with zero attached hydrogens (tertiary/aromatic N) is 5. The zero-order valence-corrected chi connectivity index (χ0v) is 33.0. The van der Waals surface area contributed by atoms with Gasteiger partial charge in [-0.25, -0.2) is 14.4 Å². The van der Waals surface area contributed by atoms with E-state index in [1.807, 2.05) is 62.3 Å². The van der Waals surface area contributed by atoms with Gasteiger partial charge in [0.25, 0.3) is 0 Å². The van der Waals surface area contributed by atoms with Crippen LogP contribution in [0.15, 0.2) is 116 Å². The van der Waals surface area contributed by atoms with Crippen molar-refractivity contribution in [2.24, 2.45) is 0 Å². The Balaban J connectivity index is 0.000000202. The number of fused-ring (bicyclic) bond motifs is 2. The quantitative estimate of drug-likeness (QED) is 0.0752. The molecule has 5 N–H and O–H groups in total. The molecule has 0 saturated heterocycles. The number of anilines is 4. The number of hydrogen-bond donors (Lipinski definition) is 5. The van der Waals surface area contributed by atoms with Crippen LogP contribution in [0, 0.1) is 17.1 Å². The molecule has 14 heteroatoms. The predicted molar refractivity (Wildman–Crippen MR) is 228 cm³/mol. The summed E-state index contributed by atoms with van der Waals surface area (Å²) in [7, 11) is 3.81. The van der Waals surface area contributed by atoms with Gasteiger partial charge in [0.1, 0.15) is 41.2 Å². The smallest absolute Gasteiger partial charge is 0.248 e. The van der Waals surface area contributed by atoms with Crippen molar-refractivity contribution in [1.82, 2.24) is 24.8 Å². The van der Waals surface area contributed by atoms with E-state index in [2.05, 4.69) is 61.0 Å². The molecule has 0 aliphatic carbocycles. The topological polar surface area (TPSA) is 164 Å². The number of phenolic OH excluding ortho intramolecular Hbond substituents is 1. The number of H-pyrrole nitrogens is 1. The number of phenols is 1. The summed E-state index contributed by atoms with van der Waals surface area (Å²) in [6.45, 7) is 4.95. The number of carbonyl (C=O) groups is 1. The minimum Gasteiger partial charge on any atom is -0.508 e. The molecule has 1 amide bonds. The first-order valence-corrected chi connectivity index (χ1v) is 18.7. The number of amides is 1. The molecule has 3 aromatic heterocycles. The molecule has 0 bridgehead atoms. The molecule has 0 unspecified atom stereocenters. The minimum atomic E-state index is -0.545. The zero-order valence-electron chi connectivity index (χ0n) is 32.2. The Morgan fingerprint density at radius 2 is 1.81 bits per heavy atom. The Bertz CT molecular complexity index is 2610. The van der Waals surface area contributed by atoms with Gasteiger partial charge in [-0.1, -0.05) is 48.0 Å². The lowest BCUT2D eigenvalue weighted by Crippen LogP contribution is -2.13. The molecular weight excluding hydrogens is 757 g/mol. The highest BCUT2D eigenvalue weighted by Gasteiger charge is 2.16. The number of halogens is 2. The van der Waals surface area contributed by atoms with Crippen LogP contribution in [-0.2, 0) is 4.79 Å². The maximum absolute atomic E-state index is 13.6. The Kier molecular flexibility index (Phi) is 13.1. The Hall–Kier alpha value is -7.01.